The van der Waals surface area contributed by atoms with Crippen LogP contribution in [0.4, 0.5) is 11.4 Å². The second-order valence-electron chi connectivity index (χ2n) is 7.98. The molecule has 1 atom stereocenters. The molecule has 29 heavy (non-hydrogen) atoms. The monoisotopic (exact) mass is 410 g/mol. The zero-order valence-electron chi connectivity index (χ0n) is 18.3. The second-order valence-corrected chi connectivity index (χ2v) is 9.06. The maximum absolute atomic E-state index is 12.7. The molecular weight excluding hydrogens is 376 g/mol. The van der Waals surface area contributed by atoms with Crippen LogP contribution in [0.5, 0.6) is 0 Å². The van der Waals surface area contributed by atoms with Crippen LogP contribution in [0.25, 0.3) is 0 Å². The maximum atomic E-state index is 12.7. The number of benzene rings is 2. The van der Waals surface area contributed by atoms with Gasteiger partial charge >= 0.3 is 0 Å². The van der Waals surface area contributed by atoms with Crippen molar-refractivity contribution in [2.45, 2.75) is 56.7 Å². The molecule has 0 aromatic heterocycles. The summed E-state index contributed by atoms with van der Waals surface area (Å²) in [5, 5.41) is 0. The van der Waals surface area contributed by atoms with Gasteiger partial charge in [0.1, 0.15) is 0 Å². The first-order chi connectivity index (χ1) is 14.1. The van der Waals surface area contributed by atoms with Gasteiger partial charge < -0.3 is 9.80 Å². The third kappa shape index (κ3) is 5.23. The number of unbranched alkanes of at least 4 members (excludes halogenated alkanes) is 1. The number of carbonyl (C=O) groups excluding carboxylic acids is 1. The molecular formula is C25H34N2OS. The summed E-state index contributed by atoms with van der Waals surface area (Å²) in [4.78, 5) is 20.1. The molecule has 0 amide bonds. The quantitative estimate of drug-likeness (QED) is 0.410. The van der Waals surface area contributed by atoms with Crippen LogP contribution in [0.1, 0.15) is 57.3 Å². The predicted octanol–water partition coefficient (Wildman–Crippen LogP) is 6.64. The Labute approximate surface area is 180 Å². The first kappa shape index (κ1) is 21.9. The number of anilines is 2. The summed E-state index contributed by atoms with van der Waals surface area (Å²) in [6, 6.07) is 14.9. The summed E-state index contributed by atoms with van der Waals surface area (Å²) in [5.74, 6) is 0.785. The van der Waals surface area contributed by atoms with E-state index >= 15 is 0 Å². The lowest BCUT2D eigenvalue weighted by Crippen LogP contribution is -2.34. The lowest BCUT2D eigenvalue weighted by atomic mass is 10.0. The van der Waals surface area contributed by atoms with Crippen molar-refractivity contribution in [1.29, 1.82) is 0 Å². The number of ketones is 1. The highest BCUT2D eigenvalue weighted by Gasteiger charge is 2.26. The molecule has 0 aliphatic carbocycles. The molecule has 1 aliphatic rings. The number of hydrogen-bond donors (Lipinski definition) is 0. The van der Waals surface area contributed by atoms with Gasteiger partial charge in [-0.2, -0.15) is 0 Å². The Morgan fingerprint density at radius 1 is 1.03 bits per heavy atom. The molecule has 0 saturated heterocycles. The van der Waals surface area contributed by atoms with Crippen LogP contribution < -0.4 is 4.90 Å². The van der Waals surface area contributed by atoms with Crippen molar-refractivity contribution in [2.24, 2.45) is 5.92 Å². The summed E-state index contributed by atoms with van der Waals surface area (Å²) in [6.45, 7) is 13.1. The van der Waals surface area contributed by atoms with E-state index in [1.165, 1.54) is 21.2 Å². The van der Waals surface area contributed by atoms with Gasteiger partial charge in [-0.1, -0.05) is 64.1 Å². The number of rotatable bonds is 10. The van der Waals surface area contributed by atoms with Crippen LogP contribution in [0, 0.1) is 5.92 Å². The smallest absolute Gasteiger partial charge is 0.162 e. The van der Waals surface area contributed by atoms with Gasteiger partial charge in [-0.05, 0) is 49.7 Å². The fourth-order valence-corrected chi connectivity index (χ4v) is 5.05. The lowest BCUT2D eigenvalue weighted by Gasteiger charge is -2.36. The molecule has 2 aromatic carbocycles. The Morgan fingerprint density at radius 3 is 2.48 bits per heavy atom. The van der Waals surface area contributed by atoms with Gasteiger partial charge in [0.15, 0.2) is 5.78 Å². The van der Waals surface area contributed by atoms with Crippen LogP contribution in [0.15, 0.2) is 52.3 Å². The Kier molecular flexibility index (Phi) is 7.79. The van der Waals surface area contributed by atoms with Gasteiger partial charge in [0.25, 0.3) is 0 Å². The van der Waals surface area contributed by atoms with Crippen molar-refractivity contribution >= 4 is 28.9 Å². The minimum atomic E-state index is 0.259. The number of hydrogen-bond acceptors (Lipinski definition) is 4. The zero-order chi connectivity index (χ0) is 20.8. The van der Waals surface area contributed by atoms with Crippen molar-refractivity contribution in [1.82, 2.24) is 4.90 Å². The molecule has 4 heteroatoms. The van der Waals surface area contributed by atoms with E-state index in [0.717, 1.165) is 44.6 Å². The van der Waals surface area contributed by atoms with E-state index in [9.17, 15) is 4.79 Å². The summed E-state index contributed by atoms with van der Waals surface area (Å²) in [6.07, 6.45) is 2.64. The van der Waals surface area contributed by atoms with Gasteiger partial charge in [0, 0.05) is 34.9 Å². The molecule has 0 N–H and O–H groups in total. The first-order valence-corrected chi connectivity index (χ1v) is 11.8. The van der Waals surface area contributed by atoms with Gasteiger partial charge in [0.05, 0.1) is 11.4 Å². The van der Waals surface area contributed by atoms with Crippen molar-refractivity contribution in [3.63, 3.8) is 0 Å². The van der Waals surface area contributed by atoms with Crippen molar-refractivity contribution in [3.05, 3.63) is 48.0 Å². The van der Waals surface area contributed by atoms with Crippen LogP contribution in [0.2, 0.25) is 0 Å². The number of fused-ring (bicyclic) bond motifs is 2. The normalized spacial score (nSPS) is 13.9. The zero-order valence-corrected chi connectivity index (χ0v) is 19.1. The summed E-state index contributed by atoms with van der Waals surface area (Å²) >= 11 is 1.81. The minimum absolute atomic E-state index is 0.259. The molecule has 0 radical (unpaired) electrons. The van der Waals surface area contributed by atoms with E-state index < -0.39 is 0 Å². The average molecular weight is 411 g/mol. The molecule has 0 saturated carbocycles. The fourth-order valence-electron chi connectivity index (χ4n) is 3.97. The summed E-state index contributed by atoms with van der Waals surface area (Å²) in [7, 11) is 0. The van der Waals surface area contributed by atoms with Crippen LogP contribution >= 0.6 is 11.8 Å². The highest BCUT2D eigenvalue weighted by atomic mass is 32.2. The molecule has 1 heterocycles. The molecule has 2 aromatic rings. The Hall–Kier alpha value is -1.78. The molecule has 3 nitrogen and oxygen atoms in total. The third-order valence-corrected chi connectivity index (χ3v) is 6.79. The predicted molar refractivity (Wildman–Crippen MR) is 125 cm³/mol. The average Bonchev–Trinajstić information content (AvgIpc) is 2.75. The van der Waals surface area contributed by atoms with Gasteiger partial charge in [-0.25, -0.2) is 0 Å². The van der Waals surface area contributed by atoms with Crippen molar-refractivity contribution in [2.75, 3.05) is 31.1 Å². The standard InChI is InChI=1S/C25H34N2OS/c1-5-8-12-23(28)20-14-15-25-22(16-20)27(18-19(4)17-26(6-2)7-3)21-11-9-10-13-24(21)29-25/h9-11,13-16,19H,5-8,12,17-18H2,1-4H3. The topological polar surface area (TPSA) is 23.6 Å². The Bertz CT molecular complexity index is 831. The Morgan fingerprint density at radius 2 is 1.76 bits per heavy atom. The molecule has 0 fully saturated rings. The molecule has 156 valence electrons. The van der Waals surface area contributed by atoms with Crippen LogP contribution in [-0.4, -0.2) is 36.9 Å². The number of carbonyl (C=O) groups is 1. The SMILES string of the molecule is CCCCC(=O)c1ccc2c(c1)N(CC(C)CN(CC)CC)c1ccccc1S2. The molecule has 0 spiro atoms. The molecule has 0 bridgehead atoms. The molecule has 1 unspecified atom stereocenters. The molecule has 1 aliphatic heterocycles. The summed E-state index contributed by atoms with van der Waals surface area (Å²) in [5.41, 5.74) is 3.29. The van der Waals surface area contributed by atoms with Crippen LogP contribution in [0.3, 0.4) is 0 Å². The van der Waals surface area contributed by atoms with E-state index in [-0.39, 0.29) is 5.78 Å². The van der Waals surface area contributed by atoms with E-state index in [0.29, 0.717) is 12.3 Å². The number of para-hydroxylation sites is 1. The largest absolute Gasteiger partial charge is 0.339 e. The first-order valence-electron chi connectivity index (χ1n) is 11.0. The van der Waals surface area contributed by atoms with Crippen molar-refractivity contribution in [3.8, 4) is 0 Å². The Balaban J connectivity index is 1.91. The van der Waals surface area contributed by atoms with Gasteiger partial charge in [0.2, 0.25) is 0 Å². The van der Waals surface area contributed by atoms with Gasteiger partial charge in [-0.3, -0.25) is 4.79 Å². The van der Waals surface area contributed by atoms with E-state index in [1.54, 1.807) is 0 Å². The number of nitrogens with zero attached hydrogens (tertiary/aromatic N) is 2. The van der Waals surface area contributed by atoms with E-state index in [2.05, 4.69) is 73.9 Å². The van der Waals surface area contributed by atoms with E-state index in [4.69, 9.17) is 0 Å². The highest BCUT2D eigenvalue weighted by Crippen LogP contribution is 2.48. The lowest BCUT2D eigenvalue weighted by molar-refractivity contribution is 0.0979. The van der Waals surface area contributed by atoms with E-state index in [1.807, 2.05) is 17.8 Å². The maximum Gasteiger partial charge on any atom is 0.162 e. The minimum Gasteiger partial charge on any atom is -0.339 e. The fraction of sp³-hybridized carbons (Fsp3) is 0.480. The second kappa shape index (κ2) is 10.3. The summed E-state index contributed by atoms with van der Waals surface area (Å²) < 4.78 is 0. The van der Waals surface area contributed by atoms with Crippen LogP contribution in [-0.2, 0) is 0 Å². The third-order valence-electron chi connectivity index (χ3n) is 5.66. The molecule has 3 rings (SSSR count). The number of Topliss-reactive ketones (excluding diaryl/α,β-unsaturated/α-hetero) is 1. The van der Waals surface area contributed by atoms with Crippen molar-refractivity contribution < 1.29 is 4.79 Å². The van der Waals surface area contributed by atoms with Gasteiger partial charge in [-0.15, -0.1) is 0 Å². The highest BCUT2D eigenvalue weighted by molar-refractivity contribution is 7.99.